The van der Waals surface area contributed by atoms with Crippen molar-refractivity contribution in [2.24, 2.45) is 0 Å². The average molecular weight is 448 g/mol. The van der Waals surface area contributed by atoms with Gasteiger partial charge < -0.3 is 14.5 Å². The van der Waals surface area contributed by atoms with Gasteiger partial charge in [0.1, 0.15) is 5.58 Å². The van der Waals surface area contributed by atoms with Crippen LogP contribution >= 0.6 is 11.6 Å². The van der Waals surface area contributed by atoms with Crippen molar-refractivity contribution in [3.63, 3.8) is 0 Å². The molecule has 32 heavy (non-hydrogen) atoms. The molecular formula is C26H22ClNO4. The molecule has 0 saturated heterocycles. The Bertz CT molecular complexity index is 1380. The number of carbonyl (C=O) groups excluding carboxylic acids is 1. The van der Waals surface area contributed by atoms with Crippen LogP contribution in [0.4, 0.5) is 5.69 Å². The number of nitrogens with one attached hydrogen (secondary N) is 1. The number of ether oxygens (including phenoxy) is 1. The first-order valence-electron chi connectivity index (χ1n) is 10.2. The summed E-state index contributed by atoms with van der Waals surface area (Å²) in [7, 11) is 0. The van der Waals surface area contributed by atoms with E-state index in [-0.39, 0.29) is 23.5 Å². The molecule has 0 unspecified atom stereocenters. The molecule has 0 aliphatic heterocycles. The van der Waals surface area contributed by atoms with Crippen LogP contribution in [-0.2, 0) is 4.79 Å². The molecule has 0 radical (unpaired) electrons. The highest BCUT2D eigenvalue weighted by atomic mass is 35.5. The number of hydrogen-bond acceptors (Lipinski definition) is 4. The van der Waals surface area contributed by atoms with Gasteiger partial charge in [-0.05, 0) is 61.7 Å². The van der Waals surface area contributed by atoms with E-state index in [0.29, 0.717) is 27.2 Å². The molecule has 4 rings (SSSR count). The van der Waals surface area contributed by atoms with Gasteiger partial charge in [-0.3, -0.25) is 9.59 Å². The topological polar surface area (TPSA) is 68.5 Å². The molecular weight excluding hydrogens is 426 g/mol. The first-order chi connectivity index (χ1) is 15.3. The van der Waals surface area contributed by atoms with Crippen molar-refractivity contribution in [3.05, 3.63) is 92.6 Å². The molecule has 0 spiro atoms. The summed E-state index contributed by atoms with van der Waals surface area (Å²) in [4.78, 5) is 25.8. The highest BCUT2D eigenvalue weighted by molar-refractivity contribution is 6.31. The third-order valence-electron chi connectivity index (χ3n) is 5.30. The molecule has 0 aliphatic carbocycles. The van der Waals surface area contributed by atoms with Crippen molar-refractivity contribution in [3.8, 4) is 17.1 Å². The van der Waals surface area contributed by atoms with E-state index in [2.05, 4.69) is 5.32 Å². The van der Waals surface area contributed by atoms with Gasteiger partial charge >= 0.3 is 0 Å². The summed E-state index contributed by atoms with van der Waals surface area (Å²) in [6.45, 7) is 5.42. The summed E-state index contributed by atoms with van der Waals surface area (Å²) < 4.78 is 11.8. The second-order valence-corrected chi connectivity index (χ2v) is 8.10. The molecule has 0 saturated carbocycles. The Balaban J connectivity index is 1.69. The van der Waals surface area contributed by atoms with Crippen LogP contribution in [-0.4, -0.2) is 12.5 Å². The summed E-state index contributed by atoms with van der Waals surface area (Å²) >= 11 is 6.12. The first kappa shape index (κ1) is 21.7. The largest absolute Gasteiger partial charge is 0.476 e. The fourth-order valence-corrected chi connectivity index (χ4v) is 3.53. The SMILES string of the molecule is Cc1cc2oc(-c3ccccc3)c(OCC(=O)Nc3ccc(C)c(Cl)c3)c(=O)c2cc1C. The number of carbonyl (C=O) groups is 1. The van der Waals surface area contributed by atoms with Crippen LogP contribution in [0.3, 0.4) is 0 Å². The number of halogens is 1. The summed E-state index contributed by atoms with van der Waals surface area (Å²) in [6.07, 6.45) is 0. The molecule has 1 amide bonds. The summed E-state index contributed by atoms with van der Waals surface area (Å²) in [5, 5.41) is 3.69. The van der Waals surface area contributed by atoms with E-state index in [4.69, 9.17) is 20.8 Å². The van der Waals surface area contributed by atoms with Crippen molar-refractivity contribution >= 4 is 34.2 Å². The number of benzene rings is 3. The van der Waals surface area contributed by atoms with Gasteiger partial charge in [0, 0.05) is 16.3 Å². The minimum Gasteiger partial charge on any atom is -0.476 e. The van der Waals surface area contributed by atoms with E-state index in [1.807, 2.05) is 63.2 Å². The predicted molar refractivity (Wildman–Crippen MR) is 128 cm³/mol. The van der Waals surface area contributed by atoms with Crippen LogP contribution in [0.15, 0.2) is 69.9 Å². The number of rotatable bonds is 5. The second kappa shape index (κ2) is 8.89. The van der Waals surface area contributed by atoms with Gasteiger partial charge in [0.25, 0.3) is 5.91 Å². The van der Waals surface area contributed by atoms with Crippen LogP contribution in [0.1, 0.15) is 16.7 Å². The zero-order valence-corrected chi connectivity index (χ0v) is 18.7. The Morgan fingerprint density at radius 2 is 1.69 bits per heavy atom. The Morgan fingerprint density at radius 1 is 0.969 bits per heavy atom. The predicted octanol–water partition coefficient (Wildman–Crippen LogP) is 6.06. The Kier molecular flexibility index (Phi) is 6.01. The van der Waals surface area contributed by atoms with Crippen molar-refractivity contribution in [1.29, 1.82) is 0 Å². The van der Waals surface area contributed by atoms with Gasteiger partial charge in [-0.2, -0.15) is 0 Å². The molecule has 6 heteroatoms. The Hall–Kier alpha value is -3.57. The van der Waals surface area contributed by atoms with Crippen LogP contribution in [0.2, 0.25) is 5.02 Å². The molecule has 5 nitrogen and oxygen atoms in total. The minimum absolute atomic E-state index is 0.00374. The quantitative estimate of drug-likeness (QED) is 0.404. The summed E-state index contributed by atoms with van der Waals surface area (Å²) in [5.74, 6) is -0.120. The average Bonchev–Trinajstić information content (AvgIpc) is 2.77. The van der Waals surface area contributed by atoms with Gasteiger partial charge in [-0.25, -0.2) is 0 Å². The van der Waals surface area contributed by atoms with Gasteiger partial charge in [0.2, 0.25) is 11.2 Å². The number of hydrogen-bond donors (Lipinski definition) is 1. The monoisotopic (exact) mass is 447 g/mol. The molecule has 4 aromatic rings. The molecule has 162 valence electrons. The van der Waals surface area contributed by atoms with E-state index in [0.717, 1.165) is 16.7 Å². The highest BCUT2D eigenvalue weighted by Gasteiger charge is 2.19. The van der Waals surface area contributed by atoms with Gasteiger partial charge in [-0.1, -0.05) is 48.0 Å². The molecule has 0 bridgehead atoms. The molecule has 1 N–H and O–H groups in total. The third kappa shape index (κ3) is 4.39. The van der Waals surface area contributed by atoms with Crippen LogP contribution in [0.5, 0.6) is 5.75 Å². The number of anilines is 1. The minimum atomic E-state index is -0.413. The summed E-state index contributed by atoms with van der Waals surface area (Å²) in [5.41, 5.74) is 4.29. The molecule has 0 fully saturated rings. The van der Waals surface area contributed by atoms with Crippen LogP contribution < -0.4 is 15.5 Å². The maximum absolute atomic E-state index is 13.3. The van der Waals surface area contributed by atoms with Gasteiger partial charge in [-0.15, -0.1) is 0 Å². The fraction of sp³-hybridized carbons (Fsp3) is 0.154. The molecule has 0 atom stereocenters. The zero-order valence-electron chi connectivity index (χ0n) is 18.0. The Labute approximate surface area is 190 Å². The van der Waals surface area contributed by atoms with Gasteiger partial charge in [0.15, 0.2) is 12.4 Å². The maximum Gasteiger partial charge on any atom is 0.262 e. The van der Waals surface area contributed by atoms with E-state index in [9.17, 15) is 9.59 Å². The fourth-order valence-electron chi connectivity index (χ4n) is 3.35. The summed E-state index contributed by atoms with van der Waals surface area (Å²) in [6, 6.07) is 18.1. The Morgan fingerprint density at radius 3 is 2.41 bits per heavy atom. The van der Waals surface area contributed by atoms with Crippen molar-refractivity contribution < 1.29 is 13.9 Å². The van der Waals surface area contributed by atoms with Crippen LogP contribution in [0.25, 0.3) is 22.3 Å². The molecule has 3 aromatic carbocycles. The zero-order chi connectivity index (χ0) is 22.8. The smallest absolute Gasteiger partial charge is 0.262 e. The second-order valence-electron chi connectivity index (χ2n) is 7.69. The first-order valence-corrected chi connectivity index (χ1v) is 10.5. The lowest BCUT2D eigenvalue weighted by Gasteiger charge is -2.13. The lowest BCUT2D eigenvalue weighted by atomic mass is 10.0. The highest BCUT2D eigenvalue weighted by Crippen LogP contribution is 2.31. The number of amides is 1. The molecule has 1 aromatic heterocycles. The van der Waals surface area contributed by atoms with E-state index in [1.54, 1.807) is 18.2 Å². The lowest BCUT2D eigenvalue weighted by molar-refractivity contribution is -0.118. The van der Waals surface area contributed by atoms with Gasteiger partial charge in [0.05, 0.1) is 5.39 Å². The number of fused-ring (bicyclic) bond motifs is 1. The van der Waals surface area contributed by atoms with Crippen molar-refractivity contribution in [1.82, 2.24) is 0 Å². The number of aryl methyl sites for hydroxylation is 3. The standard InChI is InChI=1S/C26H22ClNO4/c1-15-9-10-19(13-21(15)27)28-23(29)14-31-26-24(30)20-11-16(2)17(3)12-22(20)32-25(26)18-7-5-4-6-8-18/h4-13H,14H2,1-3H3,(H,28,29). The van der Waals surface area contributed by atoms with Crippen molar-refractivity contribution in [2.45, 2.75) is 20.8 Å². The van der Waals surface area contributed by atoms with E-state index in [1.165, 1.54) is 0 Å². The molecule has 1 heterocycles. The third-order valence-corrected chi connectivity index (χ3v) is 5.71. The lowest BCUT2D eigenvalue weighted by Crippen LogP contribution is -2.22. The van der Waals surface area contributed by atoms with E-state index < -0.39 is 5.91 Å². The normalized spacial score (nSPS) is 10.9. The van der Waals surface area contributed by atoms with Crippen LogP contribution in [0, 0.1) is 20.8 Å². The van der Waals surface area contributed by atoms with E-state index >= 15 is 0 Å². The molecule has 0 aliphatic rings. The maximum atomic E-state index is 13.3. The van der Waals surface area contributed by atoms with Crippen molar-refractivity contribution in [2.75, 3.05) is 11.9 Å².